The van der Waals surface area contributed by atoms with E-state index in [9.17, 15) is 30.6 Å². The Labute approximate surface area is 81.1 Å². The fourth-order valence-corrected chi connectivity index (χ4v) is 1.54. The highest BCUT2D eigenvalue weighted by Gasteiger charge is 2.39. The molecule has 0 amide bonds. The molecular formula is C8H16O6. The van der Waals surface area contributed by atoms with Gasteiger partial charge in [-0.15, -0.1) is 0 Å². The predicted octanol–water partition coefficient (Wildman–Crippen LogP) is -3.05. The van der Waals surface area contributed by atoms with Gasteiger partial charge in [0.05, 0.1) is 12.2 Å². The molecule has 6 heteroatoms. The molecule has 1 rings (SSSR count). The first-order valence-corrected chi connectivity index (χ1v) is 4.53. The van der Waals surface area contributed by atoms with Gasteiger partial charge in [-0.1, -0.05) is 0 Å². The van der Waals surface area contributed by atoms with Crippen molar-refractivity contribution in [3.05, 3.63) is 0 Å². The highest BCUT2D eigenvalue weighted by molar-refractivity contribution is 4.90. The zero-order valence-corrected chi connectivity index (χ0v) is 7.56. The molecule has 0 aromatic heterocycles. The van der Waals surface area contributed by atoms with Gasteiger partial charge in [0.2, 0.25) is 0 Å². The maximum absolute atomic E-state index is 9.28. The summed E-state index contributed by atoms with van der Waals surface area (Å²) in [6.07, 6.45) is -8.63. The Morgan fingerprint density at radius 2 is 0.786 bits per heavy atom. The lowest BCUT2D eigenvalue weighted by Gasteiger charge is -2.34. The molecule has 0 aromatic carbocycles. The van der Waals surface area contributed by atoms with Crippen LogP contribution in [-0.2, 0) is 0 Å². The average molecular weight is 208 g/mol. The van der Waals surface area contributed by atoms with E-state index < -0.39 is 36.6 Å². The fraction of sp³-hybridized carbons (Fsp3) is 1.00. The Kier molecular flexibility index (Phi) is 3.82. The molecule has 6 unspecified atom stereocenters. The first-order chi connectivity index (χ1) is 6.45. The van der Waals surface area contributed by atoms with E-state index in [0.29, 0.717) is 0 Å². The van der Waals surface area contributed by atoms with Gasteiger partial charge >= 0.3 is 0 Å². The summed E-state index contributed by atoms with van der Waals surface area (Å²) in [5, 5.41) is 55.6. The Balaban J connectivity index is 2.75. The largest absolute Gasteiger partial charge is 0.390 e. The van der Waals surface area contributed by atoms with Crippen LogP contribution < -0.4 is 0 Å². The van der Waals surface area contributed by atoms with E-state index in [1.165, 1.54) is 0 Å². The third-order valence-electron chi connectivity index (χ3n) is 2.60. The zero-order chi connectivity index (χ0) is 10.9. The van der Waals surface area contributed by atoms with E-state index >= 15 is 0 Å². The van der Waals surface area contributed by atoms with E-state index in [2.05, 4.69) is 0 Å². The molecule has 0 aliphatic heterocycles. The van der Waals surface area contributed by atoms with Gasteiger partial charge in [0.25, 0.3) is 0 Å². The van der Waals surface area contributed by atoms with Gasteiger partial charge in [-0.05, 0) is 12.8 Å². The highest BCUT2D eigenvalue weighted by atomic mass is 16.4. The Morgan fingerprint density at radius 1 is 0.500 bits per heavy atom. The lowest BCUT2D eigenvalue weighted by molar-refractivity contribution is -0.168. The van der Waals surface area contributed by atoms with Gasteiger partial charge in [-0.3, -0.25) is 0 Å². The van der Waals surface area contributed by atoms with Gasteiger partial charge in [0, 0.05) is 0 Å². The summed E-state index contributed by atoms with van der Waals surface area (Å²) in [5.41, 5.74) is 0. The quantitative estimate of drug-likeness (QED) is 0.251. The third kappa shape index (κ3) is 2.22. The molecule has 1 aliphatic carbocycles. The number of rotatable bonds is 0. The summed E-state index contributed by atoms with van der Waals surface area (Å²) in [6.45, 7) is 0. The van der Waals surface area contributed by atoms with Crippen molar-refractivity contribution in [2.24, 2.45) is 0 Å². The minimum Gasteiger partial charge on any atom is -0.390 e. The second kappa shape index (κ2) is 4.52. The summed E-state index contributed by atoms with van der Waals surface area (Å²) in [5.74, 6) is 0. The molecule has 1 aliphatic rings. The summed E-state index contributed by atoms with van der Waals surface area (Å²) in [7, 11) is 0. The van der Waals surface area contributed by atoms with Gasteiger partial charge in [-0.25, -0.2) is 0 Å². The van der Waals surface area contributed by atoms with Crippen LogP contribution in [0.2, 0.25) is 0 Å². The molecule has 0 radical (unpaired) electrons. The van der Waals surface area contributed by atoms with Crippen LogP contribution in [0.25, 0.3) is 0 Å². The molecule has 6 N–H and O–H groups in total. The third-order valence-corrected chi connectivity index (χ3v) is 2.60. The van der Waals surface area contributed by atoms with Gasteiger partial charge in [0.1, 0.15) is 24.4 Å². The van der Waals surface area contributed by atoms with E-state index in [1.807, 2.05) is 0 Å². The lowest BCUT2D eigenvalue weighted by Crippen LogP contribution is -2.54. The molecule has 0 spiro atoms. The van der Waals surface area contributed by atoms with E-state index in [-0.39, 0.29) is 12.8 Å². The molecule has 84 valence electrons. The van der Waals surface area contributed by atoms with Crippen molar-refractivity contribution in [1.82, 2.24) is 0 Å². The predicted molar refractivity (Wildman–Crippen MR) is 45.3 cm³/mol. The highest BCUT2D eigenvalue weighted by Crippen LogP contribution is 2.19. The summed E-state index contributed by atoms with van der Waals surface area (Å²) in [4.78, 5) is 0. The van der Waals surface area contributed by atoms with Crippen LogP contribution in [0.5, 0.6) is 0 Å². The molecule has 1 fully saturated rings. The lowest BCUT2D eigenvalue weighted by atomic mass is 9.88. The Hall–Kier alpha value is -0.240. The van der Waals surface area contributed by atoms with Crippen molar-refractivity contribution in [2.75, 3.05) is 0 Å². The molecule has 0 aromatic rings. The normalized spacial score (nSPS) is 51.0. The van der Waals surface area contributed by atoms with E-state index in [1.54, 1.807) is 0 Å². The average Bonchev–Trinajstić information content (AvgIpc) is 2.19. The van der Waals surface area contributed by atoms with Crippen molar-refractivity contribution >= 4 is 0 Å². The first kappa shape index (κ1) is 11.8. The van der Waals surface area contributed by atoms with E-state index in [0.717, 1.165) is 0 Å². The first-order valence-electron chi connectivity index (χ1n) is 4.53. The number of aliphatic hydroxyl groups is 6. The molecule has 0 heterocycles. The fourth-order valence-electron chi connectivity index (χ4n) is 1.54. The molecule has 6 nitrogen and oxygen atoms in total. The maximum Gasteiger partial charge on any atom is 0.111 e. The second-order valence-corrected chi connectivity index (χ2v) is 3.67. The van der Waals surface area contributed by atoms with Crippen LogP contribution in [-0.4, -0.2) is 67.3 Å². The molecule has 1 saturated carbocycles. The van der Waals surface area contributed by atoms with Crippen LogP contribution in [0.1, 0.15) is 12.8 Å². The van der Waals surface area contributed by atoms with Crippen molar-refractivity contribution in [1.29, 1.82) is 0 Å². The second-order valence-electron chi connectivity index (χ2n) is 3.67. The maximum atomic E-state index is 9.28. The van der Waals surface area contributed by atoms with Crippen molar-refractivity contribution in [3.63, 3.8) is 0 Å². The Morgan fingerprint density at radius 3 is 1.07 bits per heavy atom. The minimum absolute atomic E-state index is 0.0587. The van der Waals surface area contributed by atoms with Crippen LogP contribution in [0.4, 0.5) is 0 Å². The smallest absolute Gasteiger partial charge is 0.111 e. The van der Waals surface area contributed by atoms with E-state index in [4.69, 9.17) is 0 Å². The number of aliphatic hydroxyl groups excluding tert-OH is 6. The molecule has 0 saturated heterocycles. The topological polar surface area (TPSA) is 121 Å². The Bertz CT molecular complexity index is 167. The van der Waals surface area contributed by atoms with Crippen LogP contribution in [0, 0.1) is 0 Å². The molecule has 0 bridgehead atoms. The summed E-state index contributed by atoms with van der Waals surface area (Å²) in [6, 6.07) is 0. The summed E-state index contributed by atoms with van der Waals surface area (Å²) < 4.78 is 0. The standard InChI is InChI=1S/C8H16O6/c9-3-1-2-4(10)6(12)8(14)7(13)5(3)11/h3-14H,1-2H2. The molecule has 14 heavy (non-hydrogen) atoms. The van der Waals surface area contributed by atoms with Gasteiger partial charge in [-0.2, -0.15) is 0 Å². The summed E-state index contributed by atoms with van der Waals surface area (Å²) >= 11 is 0. The number of hydrogen-bond donors (Lipinski definition) is 6. The molecule has 6 atom stereocenters. The van der Waals surface area contributed by atoms with Crippen LogP contribution in [0.3, 0.4) is 0 Å². The minimum atomic E-state index is -1.66. The van der Waals surface area contributed by atoms with Crippen molar-refractivity contribution in [2.45, 2.75) is 49.5 Å². The zero-order valence-electron chi connectivity index (χ0n) is 7.56. The van der Waals surface area contributed by atoms with Gasteiger partial charge < -0.3 is 30.6 Å². The van der Waals surface area contributed by atoms with Crippen molar-refractivity contribution in [3.8, 4) is 0 Å². The molecular weight excluding hydrogens is 192 g/mol. The SMILES string of the molecule is OC1CCC(O)C(O)C(O)C(O)C1O. The monoisotopic (exact) mass is 208 g/mol. The van der Waals surface area contributed by atoms with Crippen LogP contribution in [0.15, 0.2) is 0 Å². The number of hydrogen-bond acceptors (Lipinski definition) is 6. The van der Waals surface area contributed by atoms with Crippen LogP contribution >= 0.6 is 0 Å². The van der Waals surface area contributed by atoms with Gasteiger partial charge in [0.15, 0.2) is 0 Å². The van der Waals surface area contributed by atoms with Crippen molar-refractivity contribution < 1.29 is 30.6 Å².